The van der Waals surface area contributed by atoms with Crippen LogP contribution in [-0.4, -0.2) is 42.8 Å². The molecule has 2 aliphatic rings. The molecule has 2 aromatic carbocycles. The lowest BCUT2D eigenvalue weighted by molar-refractivity contribution is 0.000497. The highest BCUT2D eigenvalue weighted by molar-refractivity contribution is 5.90. The number of hydrogen-bond donors (Lipinski definition) is 0. The zero-order valence-corrected chi connectivity index (χ0v) is 22.8. The third-order valence-electron chi connectivity index (χ3n) is 8.19. The van der Waals surface area contributed by atoms with Crippen LogP contribution in [0.25, 0.3) is 32.9 Å². The van der Waals surface area contributed by atoms with Crippen molar-refractivity contribution in [2.45, 2.75) is 70.6 Å². The van der Waals surface area contributed by atoms with Crippen LogP contribution in [-0.2, 0) is 11.8 Å². The molecular formula is C30H32F2N4O3. The van der Waals surface area contributed by atoms with Crippen molar-refractivity contribution in [2.24, 2.45) is 7.05 Å². The first-order chi connectivity index (χ1) is 18.4. The predicted octanol–water partition coefficient (Wildman–Crippen LogP) is 6.25. The second kappa shape index (κ2) is 8.63. The Balaban J connectivity index is 1.33. The van der Waals surface area contributed by atoms with Crippen LogP contribution in [0.1, 0.15) is 58.3 Å². The Bertz CT molecular complexity index is 1710. The number of likely N-dealkylation sites (tertiary alicyclic amines) is 1. The molecule has 1 aliphatic carbocycles. The monoisotopic (exact) mass is 534 g/mol. The molecule has 0 N–H and O–H groups in total. The van der Waals surface area contributed by atoms with Crippen LogP contribution in [0.3, 0.4) is 0 Å². The average Bonchev–Trinajstić information content (AvgIpc) is 3.55. The quantitative estimate of drug-likeness (QED) is 0.305. The van der Waals surface area contributed by atoms with Gasteiger partial charge in [-0.3, -0.25) is 4.79 Å². The highest BCUT2D eigenvalue weighted by atomic mass is 19.1. The van der Waals surface area contributed by atoms with Gasteiger partial charge in [0.15, 0.2) is 5.82 Å². The van der Waals surface area contributed by atoms with Crippen molar-refractivity contribution in [3.63, 3.8) is 0 Å². The van der Waals surface area contributed by atoms with Gasteiger partial charge < -0.3 is 18.8 Å². The molecule has 1 spiro atoms. The fourth-order valence-electron chi connectivity index (χ4n) is 5.95. The van der Waals surface area contributed by atoms with E-state index in [1.807, 2.05) is 25.7 Å². The SMILES string of the molecule is Cc1nc2c(F)cc(-c3cc(F)c4c(=O)n(C5CCN(C(=O)OC(C)(C)C)C6(CC6)C5)ccc4c3)cc2n1C. The molecule has 0 bridgehead atoms. The number of benzene rings is 2. The second-order valence-corrected chi connectivity index (χ2v) is 12.0. The van der Waals surface area contributed by atoms with Gasteiger partial charge in [0.2, 0.25) is 0 Å². The van der Waals surface area contributed by atoms with Gasteiger partial charge in [-0.25, -0.2) is 18.6 Å². The summed E-state index contributed by atoms with van der Waals surface area (Å²) >= 11 is 0. The maximum absolute atomic E-state index is 15.5. The van der Waals surface area contributed by atoms with Gasteiger partial charge in [-0.2, -0.15) is 0 Å². The van der Waals surface area contributed by atoms with Gasteiger partial charge in [-0.05, 0) is 100 Å². The van der Waals surface area contributed by atoms with E-state index in [1.54, 1.807) is 47.5 Å². The topological polar surface area (TPSA) is 69.4 Å². The zero-order chi connectivity index (χ0) is 27.9. The van der Waals surface area contributed by atoms with E-state index in [2.05, 4.69) is 4.98 Å². The Morgan fingerprint density at radius 3 is 2.49 bits per heavy atom. The standard InChI is InChI=1S/C30H32F2N4O3/c1-17-33-26-23(32)14-20(15-24(26)34(17)5)19-12-18-6-10-35(27(37)25(18)22(31)13-19)21-7-11-36(30(16-21)8-9-30)28(38)39-29(2,3)4/h6,10,12-15,21H,7-9,11,16H2,1-5H3. The van der Waals surface area contributed by atoms with Gasteiger partial charge in [-0.15, -0.1) is 0 Å². The number of rotatable bonds is 2. The lowest BCUT2D eigenvalue weighted by Gasteiger charge is -2.41. The minimum Gasteiger partial charge on any atom is -0.444 e. The Morgan fingerprint density at radius 1 is 1.10 bits per heavy atom. The van der Waals surface area contributed by atoms with Crippen molar-refractivity contribution < 1.29 is 18.3 Å². The van der Waals surface area contributed by atoms with Crippen LogP contribution in [0, 0.1) is 18.6 Å². The number of aromatic nitrogens is 3. The van der Waals surface area contributed by atoms with Gasteiger partial charge >= 0.3 is 6.09 Å². The zero-order valence-electron chi connectivity index (χ0n) is 22.8. The lowest BCUT2D eigenvalue weighted by Crippen LogP contribution is -2.50. The number of piperidine rings is 1. The fraction of sp³-hybridized carbons (Fsp3) is 0.433. The Hall–Kier alpha value is -3.75. The minimum atomic E-state index is -0.643. The molecule has 1 saturated heterocycles. The molecule has 1 amide bonds. The third kappa shape index (κ3) is 4.28. The van der Waals surface area contributed by atoms with E-state index in [0.717, 1.165) is 12.8 Å². The van der Waals surface area contributed by atoms with E-state index < -0.39 is 22.8 Å². The molecule has 2 aromatic heterocycles. The number of imidazole rings is 1. The first-order valence-electron chi connectivity index (χ1n) is 13.3. The number of pyridine rings is 1. The maximum atomic E-state index is 15.5. The van der Waals surface area contributed by atoms with E-state index in [9.17, 15) is 14.0 Å². The number of halogens is 2. The number of hydrogen-bond acceptors (Lipinski definition) is 4. The predicted molar refractivity (Wildman–Crippen MR) is 146 cm³/mol. The molecule has 0 radical (unpaired) electrons. The van der Waals surface area contributed by atoms with E-state index in [1.165, 1.54) is 12.1 Å². The molecule has 3 heterocycles. The molecule has 39 heavy (non-hydrogen) atoms. The third-order valence-corrected chi connectivity index (χ3v) is 8.19. The summed E-state index contributed by atoms with van der Waals surface area (Å²) in [5, 5.41) is 0.471. The van der Waals surface area contributed by atoms with Crippen molar-refractivity contribution >= 4 is 27.9 Å². The van der Waals surface area contributed by atoms with Crippen LogP contribution in [0.5, 0.6) is 0 Å². The number of carbonyl (C=O) groups is 1. The number of fused-ring (bicyclic) bond motifs is 2. The van der Waals surface area contributed by atoms with Crippen LogP contribution in [0.4, 0.5) is 13.6 Å². The second-order valence-electron chi connectivity index (χ2n) is 12.0. The summed E-state index contributed by atoms with van der Waals surface area (Å²) in [5.41, 5.74) is 0.599. The summed E-state index contributed by atoms with van der Waals surface area (Å²) in [6.07, 6.45) is 4.32. The highest BCUT2D eigenvalue weighted by Crippen LogP contribution is 2.51. The normalized spacial score (nSPS) is 18.7. The molecule has 1 aliphatic heterocycles. The summed E-state index contributed by atoms with van der Waals surface area (Å²) in [5.74, 6) is -0.444. The Morgan fingerprint density at radius 2 is 1.79 bits per heavy atom. The molecule has 7 nitrogen and oxygen atoms in total. The molecular weight excluding hydrogens is 502 g/mol. The summed E-state index contributed by atoms with van der Waals surface area (Å²) < 4.78 is 39.4. The maximum Gasteiger partial charge on any atom is 0.410 e. The van der Waals surface area contributed by atoms with Crippen molar-refractivity contribution in [1.29, 1.82) is 0 Å². The van der Waals surface area contributed by atoms with Gasteiger partial charge in [0.1, 0.15) is 22.8 Å². The van der Waals surface area contributed by atoms with Crippen LogP contribution in [0.2, 0.25) is 0 Å². The van der Waals surface area contributed by atoms with Crippen LogP contribution < -0.4 is 5.56 Å². The van der Waals surface area contributed by atoms with Crippen molar-refractivity contribution in [2.75, 3.05) is 6.54 Å². The summed E-state index contributed by atoms with van der Waals surface area (Å²) in [6, 6.07) is 7.75. The molecule has 2 fully saturated rings. The number of ether oxygens (including phenoxy) is 1. The summed E-state index contributed by atoms with van der Waals surface area (Å²) in [6.45, 7) is 7.82. The van der Waals surface area contributed by atoms with Gasteiger partial charge in [0, 0.05) is 31.4 Å². The first kappa shape index (κ1) is 25.5. The van der Waals surface area contributed by atoms with Crippen molar-refractivity contribution in [3.05, 3.63) is 64.3 Å². The van der Waals surface area contributed by atoms with E-state index >= 15 is 4.39 Å². The van der Waals surface area contributed by atoms with Crippen LogP contribution in [0.15, 0.2) is 41.3 Å². The molecule has 1 saturated carbocycles. The number of aryl methyl sites for hydroxylation is 2. The summed E-state index contributed by atoms with van der Waals surface area (Å²) in [4.78, 5) is 32.5. The number of nitrogens with zero attached hydrogens (tertiary/aromatic N) is 4. The van der Waals surface area contributed by atoms with Crippen molar-refractivity contribution in [3.8, 4) is 11.1 Å². The Labute approximate surface area is 225 Å². The summed E-state index contributed by atoms with van der Waals surface area (Å²) in [7, 11) is 1.81. The minimum absolute atomic E-state index is 0.0126. The first-order valence-corrected chi connectivity index (χ1v) is 13.3. The highest BCUT2D eigenvalue weighted by Gasteiger charge is 2.54. The smallest absolute Gasteiger partial charge is 0.410 e. The largest absolute Gasteiger partial charge is 0.444 e. The van der Waals surface area contributed by atoms with Gasteiger partial charge in [0.25, 0.3) is 5.56 Å². The van der Waals surface area contributed by atoms with E-state index in [0.29, 0.717) is 47.2 Å². The van der Waals surface area contributed by atoms with Gasteiger partial charge in [0.05, 0.1) is 10.9 Å². The van der Waals surface area contributed by atoms with Gasteiger partial charge in [-0.1, -0.05) is 0 Å². The molecule has 1 atom stereocenters. The lowest BCUT2D eigenvalue weighted by atomic mass is 9.94. The Kier molecular flexibility index (Phi) is 5.65. The number of carbonyl (C=O) groups excluding carboxylic acids is 1. The molecule has 1 unspecified atom stereocenters. The molecule has 204 valence electrons. The van der Waals surface area contributed by atoms with Crippen LogP contribution >= 0.6 is 0 Å². The van der Waals surface area contributed by atoms with E-state index in [-0.39, 0.29) is 28.6 Å². The van der Waals surface area contributed by atoms with Crippen molar-refractivity contribution in [1.82, 2.24) is 19.0 Å². The molecule has 6 rings (SSSR count). The number of amides is 1. The fourth-order valence-corrected chi connectivity index (χ4v) is 5.95. The average molecular weight is 535 g/mol. The van der Waals surface area contributed by atoms with E-state index in [4.69, 9.17) is 4.74 Å². The molecule has 9 heteroatoms. The molecule has 4 aromatic rings.